The van der Waals surface area contributed by atoms with Crippen LogP contribution in [0, 0.1) is 0 Å². The van der Waals surface area contributed by atoms with Crippen molar-refractivity contribution in [3.63, 3.8) is 0 Å². The predicted molar refractivity (Wildman–Crippen MR) is 161 cm³/mol. The van der Waals surface area contributed by atoms with Gasteiger partial charge >= 0.3 is 0 Å². The van der Waals surface area contributed by atoms with Gasteiger partial charge in [0.25, 0.3) is 0 Å². The van der Waals surface area contributed by atoms with E-state index in [9.17, 15) is 6.85 Å². The van der Waals surface area contributed by atoms with Crippen LogP contribution in [0.1, 0.15) is 28.8 Å². The molecule has 0 aliphatic heterocycles. The summed E-state index contributed by atoms with van der Waals surface area (Å²) in [6.07, 6.45) is 0. The first-order valence-electron chi connectivity index (χ1n) is 22.0. The fourth-order valence-electron chi connectivity index (χ4n) is 4.76. The van der Waals surface area contributed by atoms with Crippen LogP contribution in [0.3, 0.4) is 0 Å². The monoisotopic (exact) mass is 520 g/mol. The topological polar surface area (TPSA) is 31.2 Å². The molecule has 3 nitrogen and oxygen atoms in total. The van der Waals surface area contributed by atoms with Crippen molar-refractivity contribution in [1.82, 2.24) is 4.57 Å². The number of aromatic nitrogens is 1. The van der Waals surface area contributed by atoms with Crippen molar-refractivity contribution in [3.05, 3.63) is 127 Å². The average molecular weight is 521 g/mol. The van der Waals surface area contributed by atoms with Crippen LogP contribution in [-0.2, 0) is 0 Å². The highest BCUT2D eigenvalue weighted by Gasteiger charge is 2.18. The summed E-state index contributed by atoms with van der Waals surface area (Å²) < 4.78 is 196. The summed E-state index contributed by atoms with van der Waals surface area (Å²) in [5.74, 6) is 0. The molecule has 3 aromatic heterocycles. The van der Waals surface area contributed by atoms with E-state index in [2.05, 4.69) is 0 Å². The van der Waals surface area contributed by atoms with Gasteiger partial charge in [0.1, 0.15) is 16.7 Å². The molecule has 0 N–H and O–H groups in total. The maximum Gasteiger partial charge on any atom is 0.160 e. The molecule has 39 heavy (non-hydrogen) atoms. The Morgan fingerprint density at radius 1 is 0.462 bits per heavy atom. The number of hydrogen-bond donors (Lipinski definition) is 0. The predicted octanol–water partition coefficient (Wildman–Crippen LogP) is 10.2. The van der Waals surface area contributed by atoms with Gasteiger partial charge in [0, 0.05) is 38.0 Å². The zero-order chi connectivity index (χ0) is 43.8. The lowest BCUT2D eigenvalue weighted by Crippen LogP contribution is -1.94. The summed E-state index contributed by atoms with van der Waals surface area (Å²) in [5.41, 5.74) is -4.68. The van der Waals surface area contributed by atoms with Crippen molar-refractivity contribution in [2.75, 3.05) is 0 Å². The van der Waals surface area contributed by atoms with Gasteiger partial charge < -0.3 is 13.4 Å². The molecular weight excluding hydrogens is 478 g/mol. The van der Waals surface area contributed by atoms with Gasteiger partial charge in [-0.1, -0.05) is 78.6 Å². The first-order valence-corrected chi connectivity index (χ1v) is 11.5. The first kappa shape index (κ1) is 9.18. The van der Waals surface area contributed by atoms with Gasteiger partial charge in [-0.15, -0.1) is 0 Å². The molecule has 0 unspecified atom stereocenters. The molecule has 0 aliphatic rings. The Morgan fingerprint density at radius 3 is 1.90 bits per heavy atom. The summed E-state index contributed by atoms with van der Waals surface area (Å²) in [4.78, 5) is 0. The van der Waals surface area contributed by atoms with E-state index in [-0.39, 0.29) is 32.3 Å². The lowest BCUT2D eigenvalue weighted by Gasteiger charge is -2.10. The van der Waals surface area contributed by atoms with Crippen molar-refractivity contribution >= 4 is 65.7 Å². The second-order valence-corrected chi connectivity index (χ2v) is 8.53. The van der Waals surface area contributed by atoms with Crippen LogP contribution in [0.5, 0.6) is 0 Å². The molecule has 6 aromatic carbocycles. The Hall–Kier alpha value is -5.28. The second kappa shape index (κ2) is 7.62. The van der Waals surface area contributed by atoms with E-state index in [0.717, 1.165) is 4.57 Å². The average Bonchev–Trinajstić information content (AvgIpc) is 3.92. The van der Waals surface area contributed by atoms with Crippen LogP contribution in [0.25, 0.3) is 82.5 Å². The maximum absolute atomic E-state index is 9.36. The Kier molecular flexibility index (Phi) is 1.79. The van der Waals surface area contributed by atoms with Crippen molar-refractivity contribution in [3.8, 4) is 16.8 Å². The number of rotatable bonds is 2. The fraction of sp³-hybridized carbons (Fsp3) is 0. The summed E-state index contributed by atoms with van der Waals surface area (Å²) >= 11 is 0. The molecule has 0 radical (unpaired) electrons. The molecule has 0 fully saturated rings. The zero-order valence-corrected chi connectivity index (χ0v) is 19.3. The van der Waals surface area contributed by atoms with Crippen molar-refractivity contribution < 1.29 is 37.6 Å². The number of para-hydroxylation sites is 3. The minimum atomic E-state index is -0.934. The number of hydrogen-bond acceptors (Lipinski definition) is 2. The second-order valence-electron chi connectivity index (χ2n) is 8.53. The third-order valence-electron chi connectivity index (χ3n) is 6.43. The van der Waals surface area contributed by atoms with Crippen LogP contribution in [0.15, 0.2) is 136 Å². The molecule has 3 heterocycles. The SMILES string of the molecule is [2H]c1c([2H])c(-n2c3c([2H])c([2H])c([2H])c([2H])c3c3c([2H])c([2H])c4c(oc5c([2H])c([2H])c([2H])c([2H])c54)c32)c([2H])c([2H])c1-c1c([2H])c([2H])c2oc3c([2H])c([2H])c([2H])c([2H])c3c2c1[2H]. The highest BCUT2D eigenvalue weighted by atomic mass is 16.3. The largest absolute Gasteiger partial charge is 0.456 e. The summed E-state index contributed by atoms with van der Waals surface area (Å²) in [6, 6.07) is -15.7. The number of fused-ring (bicyclic) bond motifs is 10. The number of furan rings is 2. The minimum Gasteiger partial charge on any atom is -0.456 e. The highest BCUT2D eigenvalue weighted by Crippen LogP contribution is 2.40. The van der Waals surface area contributed by atoms with Crippen LogP contribution >= 0.6 is 0 Å². The molecule has 3 heteroatoms. The molecule has 0 saturated heterocycles. The minimum absolute atomic E-state index is 0.313. The lowest BCUT2D eigenvalue weighted by atomic mass is 10.0. The van der Waals surface area contributed by atoms with Gasteiger partial charge in [0.05, 0.1) is 39.8 Å². The van der Waals surface area contributed by atoms with Crippen LogP contribution in [0.4, 0.5) is 0 Å². The van der Waals surface area contributed by atoms with E-state index in [1.165, 1.54) is 0 Å². The smallest absolute Gasteiger partial charge is 0.160 e. The van der Waals surface area contributed by atoms with E-state index in [0.29, 0.717) is 0 Å². The van der Waals surface area contributed by atoms with Crippen LogP contribution < -0.4 is 0 Å². The van der Waals surface area contributed by atoms with Crippen molar-refractivity contribution in [2.45, 2.75) is 0 Å². The first-order chi connectivity index (χ1) is 28.1. The van der Waals surface area contributed by atoms with Gasteiger partial charge in [0.2, 0.25) is 0 Å². The summed E-state index contributed by atoms with van der Waals surface area (Å²) in [7, 11) is 0. The van der Waals surface area contributed by atoms with Crippen molar-refractivity contribution in [1.29, 1.82) is 0 Å². The Bertz CT molecular complexity index is 3540. The van der Waals surface area contributed by atoms with Gasteiger partial charge in [-0.25, -0.2) is 0 Å². The lowest BCUT2D eigenvalue weighted by molar-refractivity contribution is 0.669. The Balaban J connectivity index is 1.49. The molecule has 0 atom stereocenters. The molecule has 0 bridgehead atoms. The molecular formula is C36H21NO2. The van der Waals surface area contributed by atoms with E-state index < -0.39 is 177 Å². The molecule has 9 rings (SSSR count). The molecule has 0 amide bonds. The molecule has 182 valence electrons. The van der Waals surface area contributed by atoms with Gasteiger partial charge in [-0.05, 0) is 59.5 Å². The third-order valence-corrected chi connectivity index (χ3v) is 6.43. The summed E-state index contributed by atoms with van der Waals surface area (Å²) in [5, 5.41) is -2.08. The standard InChI is InChI=1S/C36H21NO2/c1-4-10-31-25(7-1)28-18-19-29-26-8-2-6-12-33(26)39-36(29)35(28)37(31)24-16-13-22(14-17-24)23-15-20-34-30(21-23)27-9-3-5-11-32(27)38-34/h1-21H/i1D,2D,3D,4D,5D,6D,7D,8D,9D,10D,11D,12D,13D,14D,15D,16D,17D,18D,19D,20D,21D. The Morgan fingerprint density at radius 2 is 1.08 bits per heavy atom. The highest BCUT2D eigenvalue weighted by molar-refractivity contribution is 6.21. The fourth-order valence-corrected chi connectivity index (χ4v) is 4.76. The molecule has 0 aliphatic carbocycles. The number of benzene rings is 6. The van der Waals surface area contributed by atoms with Crippen LogP contribution in [0.2, 0.25) is 0 Å². The summed E-state index contributed by atoms with van der Waals surface area (Å²) in [6.45, 7) is 0. The molecule has 0 spiro atoms. The zero-order valence-electron chi connectivity index (χ0n) is 40.3. The molecule has 0 saturated carbocycles. The van der Waals surface area contributed by atoms with E-state index >= 15 is 0 Å². The van der Waals surface area contributed by atoms with Crippen molar-refractivity contribution in [2.24, 2.45) is 0 Å². The number of nitrogens with zero attached hydrogens (tertiary/aromatic N) is 1. The van der Waals surface area contributed by atoms with Gasteiger partial charge in [-0.2, -0.15) is 0 Å². The third kappa shape index (κ3) is 2.87. The van der Waals surface area contributed by atoms with Gasteiger partial charge in [0.15, 0.2) is 5.58 Å². The van der Waals surface area contributed by atoms with E-state index in [1.54, 1.807) is 0 Å². The Labute approximate surface area is 252 Å². The van der Waals surface area contributed by atoms with E-state index in [4.69, 9.17) is 30.8 Å². The maximum atomic E-state index is 9.36. The van der Waals surface area contributed by atoms with Gasteiger partial charge in [-0.3, -0.25) is 0 Å². The normalized spacial score (nSPS) is 19.6. The quantitative estimate of drug-likeness (QED) is 0.227. The van der Waals surface area contributed by atoms with Crippen LogP contribution in [-0.4, -0.2) is 4.57 Å². The molecule has 9 aromatic rings. The van der Waals surface area contributed by atoms with E-state index in [1.807, 2.05) is 0 Å².